The van der Waals surface area contributed by atoms with Crippen LogP contribution in [0.1, 0.15) is 21.7 Å². The molecule has 2 aromatic heterocycles. The van der Waals surface area contributed by atoms with Crippen LogP contribution in [0.5, 0.6) is 0 Å². The highest BCUT2D eigenvalue weighted by Gasteiger charge is 2.13. The van der Waals surface area contributed by atoms with Crippen LogP contribution in [0.3, 0.4) is 0 Å². The van der Waals surface area contributed by atoms with Gasteiger partial charge < -0.3 is 5.32 Å². The van der Waals surface area contributed by atoms with Crippen molar-refractivity contribution in [1.82, 2.24) is 14.6 Å². The number of amides is 1. The Kier molecular flexibility index (Phi) is 3.49. The van der Waals surface area contributed by atoms with Crippen molar-refractivity contribution in [2.45, 2.75) is 13.8 Å². The van der Waals surface area contributed by atoms with Crippen molar-refractivity contribution in [3.8, 4) is 0 Å². The standard InChI is InChI=1S/C15H13N5O3/c1-9-6-12(8-19-14(9)16-10(2)18-19)17-15(21)11-4-3-5-13(7-11)20(22)23/h3-8H,1-2H3,(H,17,21). The van der Waals surface area contributed by atoms with Crippen LogP contribution in [0.15, 0.2) is 36.5 Å². The molecular weight excluding hydrogens is 298 g/mol. The van der Waals surface area contributed by atoms with Gasteiger partial charge in [0, 0.05) is 17.7 Å². The number of hydrogen-bond donors (Lipinski definition) is 1. The largest absolute Gasteiger partial charge is 0.321 e. The molecular formula is C15H13N5O3. The molecule has 1 amide bonds. The van der Waals surface area contributed by atoms with E-state index in [0.717, 1.165) is 11.2 Å². The topological polar surface area (TPSA) is 102 Å². The maximum absolute atomic E-state index is 12.3. The van der Waals surface area contributed by atoms with Crippen molar-refractivity contribution < 1.29 is 9.72 Å². The highest BCUT2D eigenvalue weighted by molar-refractivity contribution is 6.04. The molecule has 23 heavy (non-hydrogen) atoms. The predicted molar refractivity (Wildman–Crippen MR) is 83.5 cm³/mol. The van der Waals surface area contributed by atoms with Gasteiger partial charge in [-0.1, -0.05) is 6.07 Å². The molecule has 1 aromatic carbocycles. The molecule has 3 aromatic rings. The Morgan fingerprint density at radius 3 is 2.83 bits per heavy atom. The third-order valence-corrected chi connectivity index (χ3v) is 3.30. The minimum absolute atomic E-state index is 0.129. The summed E-state index contributed by atoms with van der Waals surface area (Å²) in [5.41, 5.74) is 2.21. The Hall–Kier alpha value is -3.29. The fourth-order valence-corrected chi connectivity index (χ4v) is 2.29. The van der Waals surface area contributed by atoms with E-state index in [1.54, 1.807) is 23.7 Å². The van der Waals surface area contributed by atoms with Gasteiger partial charge in [0.2, 0.25) is 0 Å². The Balaban J connectivity index is 1.91. The maximum atomic E-state index is 12.3. The lowest BCUT2D eigenvalue weighted by atomic mass is 10.2. The van der Waals surface area contributed by atoms with Crippen molar-refractivity contribution in [2.75, 3.05) is 5.32 Å². The quantitative estimate of drug-likeness (QED) is 0.591. The monoisotopic (exact) mass is 311 g/mol. The van der Waals surface area contributed by atoms with Crippen LogP contribution in [-0.4, -0.2) is 25.4 Å². The normalized spacial score (nSPS) is 10.7. The summed E-state index contributed by atoms with van der Waals surface area (Å²) in [5.74, 6) is 0.208. The summed E-state index contributed by atoms with van der Waals surface area (Å²) in [7, 11) is 0. The van der Waals surface area contributed by atoms with Crippen molar-refractivity contribution >= 4 is 22.9 Å². The summed E-state index contributed by atoms with van der Waals surface area (Å²) in [6.07, 6.45) is 1.65. The molecule has 8 heteroatoms. The van der Waals surface area contributed by atoms with E-state index in [-0.39, 0.29) is 11.3 Å². The third kappa shape index (κ3) is 2.86. The fraction of sp³-hybridized carbons (Fsp3) is 0.133. The van der Waals surface area contributed by atoms with Gasteiger partial charge >= 0.3 is 0 Å². The number of nitro benzene ring substituents is 1. The molecule has 0 aliphatic carbocycles. The molecule has 0 bridgehead atoms. The lowest BCUT2D eigenvalue weighted by Crippen LogP contribution is -2.13. The predicted octanol–water partition coefficient (Wildman–Crippen LogP) is 2.51. The molecule has 1 N–H and O–H groups in total. The van der Waals surface area contributed by atoms with Gasteiger partial charge in [0.15, 0.2) is 5.65 Å². The Labute approximate surface area is 130 Å². The van der Waals surface area contributed by atoms with Crippen LogP contribution in [0.25, 0.3) is 5.65 Å². The lowest BCUT2D eigenvalue weighted by molar-refractivity contribution is -0.384. The van der Waals surface area contributed by atoms with Gasteiger partial charge in [-0.3, -0.25) is 14.9 Å². The zero-order valence-corrected chi connectivity index (χ0v) is 12.5. The number of pyridine rings is 1. The molecule has 2 heterocycles. The molecule has 0 fully saturated rings. The Bertz CT molecular complexity index is 932. The van der Waals surface area contributed by atoms with Gasteiger partial charge in [-0.2, -0.15) is 5.10 Å². The van der Waals surface area contributed by atoms with E-state index in [9.17, 15) is 14.9 Å². The Morgan fingerprint density at radius 2 is 2.09 bits per heavy atom. The number of rotatable bonds is 3. The van der Waals surface area contributed by atoms with Crippen molar-refractivity contribution in [3.63, 3.8) is 0 Å². The summed E-state index contributed by atoms with van der Waals surface area (Å²) in [6, 6.07) is 7.35. The number of aryl methyl sites for hydroxylation is 2. The number of aromatic nitrogens is 3. The first-order valence-corrected chi connectivity index (χ1v) is 6.83. The van der Waals surface area contributed by atoms with Gasteiger partial charge in [0.1, 0.15) is 5.82 Å². The maximum Gasteiger partial charge on any atom is 0.270 e. The van der Waals surface area contributed by atoms with E-state index in [4.69, 9.17) is 0 Å². The molecule has 8 nitrogen and oxygen atoms in total. The molecule has 0 atom stereocenters. The summed E-state index contributed by atoms with van der Waals surface area (Å²) >= 11 is 0. The second-order valence-electron chi connectivity index (χ2n) is 5.10. The number of benzene rings is 1. The Morgan fingerprint density at radius 1 is 1.30 bits per heavy atom. The van der Waals surface area contributed by atoms with E-state index in [1.165, 1.54) is 24.3 Å². The number of nitrogens with zero attached hydrogens (tertiary/aromatic N) is 4. The van der Waals surface area contributed by atoms with Gasteiger partial charge in [-0.15, -0.1) is 0 Å². The number of anilines is 1. The van der Waals surface area contributed by atoms with Gasteiger partial charge in [0.05, 0.1) is 16.8 Å². The van der Waals surface area contributed by atoms with Crippen LogP contribution < -0.4 is 5.32 Å². The average molecular weight is 311 g/mol. The number of nitro groups is 1. The van der Waals surface area contributed by atoms with Crippen LogP contribution in [-0.2, 0) is 0 Å². The van der Waals surface area contributed by atoms with E-state index in [1.807, 2.05) is 6.92 Å². The average Bonchev–Trinajstić information content (AvgIpc) is 2.88. The third-order valence-electron chi connectivity index (χ3n) is 3.30. The molecule has 0 saturated carbocycles. The summed E-state index contributed by atoms with van der Waals surface area (Å²) in [4.78, 5) is 26.8. The van der Waals surface area contributed by atoms with Crippen LogP contribution in [0.4, 0.5) is 11.4 Å². The number of fused-ring (bicyclic) bond motifs is 1. The first-order chi connectivity index (χ1) is 10.9. The molecule has 0 spiro atoms. The van der Waals surface area contributed by atoms with E-state index in [2.05, 4.69) is 15.4 Å². The minimum atomic E-state index is -0.537. The van der Waals surface area contributed by atoms with Gasteiger partial charge in [0.25, 0.3) is 11.6 Å². The molecule has 0 aliphatic rings. The fourth-order valence-electron chi connectivity index (χ4n) is 2.29. The number of non-ortho nitro benzene ring substituents is 1. The van der Waals surface area contributed by atoms with Crippen molar-refractivity contribution in [2.24, 2.45) is 0 Å². The summed E-state index contributed by atoms with van der Waals surface area (Å²) in [6.45, 7) is 3.65. The molecule has 0 radical (unpaired) electrons. The van der Waals surface area contributed by atoms with E-state index >= 15 is 0 Å². The van der Waals surface area contributed by atoms with Gasteiger partial charge in [-0.05, 0) is 31.5 Å². The highest BCUT2D eigenvalue weighted by atomic mass is 16.6. The zero-order chi connectivity index (χ0) is 16.6. The first-order valence-electron chi connectivity index (χ1n) is 6.83. The number of nitrogens with one attached hydrogen (secondary N) is 1. The number of hydrogen-bond acceptors (Lipinski definition) is 5. The summed E-state index contributed by atoms with van der Waals surface area (Å²) in [5, 5.41) is 17.7. The lowest BCUT2D eigenvalue weighted by Gasteiger charge is -2.07. The molecule has 3 rings (SSSR count). The molecule has 0 aliphatic heterocycles. The molecule has 0 saturated heterocycles. The number of carbonyl (C=O) groups excluding carboxylic acids is 1. The second kappa shape index (κ2) is 5.48. The van der Waals surface area contributed by atoms with Crippen molar-refractivity contribution in [1.29, 1.82) is 0 Å². The number of carbonyl (C=O) groups is 1. The first kappa shape index (κ1) is 14.6. The van der Waals surface area contributed by atoms with Gasteiger partial charge in [-0.25, -0.2) is 9.50 Å². The molecule has 0 unspecified atom stereocenters. The van der Waals surface area contributed by atoms with Crippen LogP contribution >= 0.6 is 0 Å². The summed E-state index contributed by atoms with van der Waals surface area (Å²) < 4.78 is 1.59. The minimum Gasteiger partial charge on any atom is -0.321 e. The smallest absolute Gasteiger partial charge is 0.270 e. The van der Waals surface area contributed by atoms with Crippen LogP contribution in [0, 0.1) is 24.0 Å². The second-order valence-corrected chi connectivity index (χ2v) is 5.10. The van der Waals surface area contributed by atoms with Crippen LogP contribution in [0.2, 0.25) is 0 Å². The molecule has 116 valence electrons. The van der Waals surface area contributed by atoms with E-state index in [0.29, 0.717) is 11.5 Å². The zero-order valence-electron chi connectivity index (χ0n) is 12.5. The van der Waals surface area contributed by atoms with Crippen molar-refractivity contribution in [3.05, 3.63) is 63.6 Å². The highest BCUT2D eigenvalue weighted by Crippen LogP contribution is 2.18. The van der Waals surface area contributed by atoms with E-state index < -0.39 is 10.8 Å². The SMILES string of the molecule is Cc1nc2c(C)cc(NC(=O)c3cccc([N+](=O)[O-])c3)cn2n1.